The monoisotopic (exact) mass is 347 g/mol. The zero-order valence-electron chi connectivity index (χ0n) is 14.6. The minimum Gasteiger partial charge on any atom is -0.353 e. The van der Waals surface area contributed by atoms with Crippen LogP contribution in [-0.4, -0.2) is 41.4 Å². The molecule has 5 nitrogen and oxygen atoms in total. The highest BCUT2D eigenvalue weighted by Gasteiger charge is 2.39. The van der Waals surface area contributed by atoms with E-state index in [1.807, 2.05) is 0 Å². The standard InChI is InChI=1S/C19H26FN3O2/c1-13(24)22-16-9-17-3-2-4-18(10-16)23(17)12-19(25)21-11-14-5-7-15(20)8-6-14/h5-8,16-18H,2-4,9-12H2,1H3,(H,21,25)(H,22,24)/t17-,18-/m1/s1. The molecule has 0 radical (unpaired) electrons. The summed E-state index contributed by atoms with van der Waals surface area (Å²) in [4.78, 5) is 26.0. The Morgan fingerprint density at radius 2 is 1.80 bits per heavy atom. The van der Waals surface area contributed by atoms with E-state index in [-0.39, 0.29) is 23.7 Å². The summed E-state index contributed by atoms with van der Waals surface area (Å²) in [6.45, 7) is 2.37. The lowest BCUT2D eigenvalue weighted by molar-refractivity contribution is -0.126. The number of carbonyl (C=O) groups excluding carboxylic acids is 2. The number of nitrogens with zero attached hydrogens (tertiary/aromatic N) is 1. The van der Waals surface area contributed by atoms with Crippen molar-refractivity contribution in [1.29, 1.82) is 0 Å². The molecule has 2 N–H and O–H groups in total. The number of halogens is 1. The predicted octanol–water partition coefficient (Wildman–Crippen LogP) is 1.96. The van der Waals surface area contributed by atoms with Gasteiger partial charge in [-0.2, -0.15) is 0 Å². The maximum atomic E-state index is 12.9. The average molecular weight is 347 g/mol. The second kappa shape index (κ2) is 7.95. The third kappa shape index (κ3) is 4.78. The Morgan fingerprint density at radius 1 is 1.16 bits per heavy atom. The Morgan fingerprint density at radius 3 is 2.40 bits per heavy atom. The molecular weight excluding hydrogens is 321 g/mol. The van der Waals surface area contributed by atoms with Gasteiger partial charge in [0.25, 0.3) is 0 Å². The molecular formula is C19H26FN3O2. The van der Waals surface area contributed by atoms with Crippen LogP contribution in [0.1, 0.15) is 44.6 Å². The number of nitrogens with one attached hydrogen (secondary N) is 2. The van der Waals surface area contributed by atoms with E-state index >= 15 is 0 Å². The van der Waals surface area contributed by atoms with Gasteiger partial charge in [-0.1, -0.05) is 18.6 Å². The number of amides is 2. The fraction of sp³-hybridized carbons (Fsp3) is 0.579. The summed E-state index contributed by atoms with van der Waals surface area (Å²) in [7, 11) is 0. The van der Waals surface area contributed by atoms with Crippen LogP contribution in [0.25, 0.3) is 0 Å². The molecule has 1 aromatic rings. The Labute approximate surface area is 148 Å². The molecule has 2 aliphatic heterocycles. The van der Waals surface area contributed by atoms with Crippen molar-refractivity contribution in [2.45, 2.75) is 63.7 Å². The van der Waals surface area contributed by atoms with E-state index in [2.05, 4.69) is 15.5 Å². The maximum absolute atomic E-state index is 12.9. The van der Waals surface area contributed by atoms with Crippen molar-refractivity contribution < 1.29 is 14.0 Å². The second-order valence-electron chi connectivity index (χ2n) is 7.18. The number of piperidine rings is 2. The van der Waals surface area contributed by atoms with Gasteiger partial charge in [-0.05, 0) is 43.4 Å². The number of carbonyl (C=O) groups is 2. The van der Waals surface area contributed by atoms with Gasteiger partial charge >= 0.3 is 0 Å². The van der Waals surface area contributed by atoms with Crippen LogP contribution >= 0.6 is 0 Å². The molecule has 0 aliphatic carbocycles. The first-order valence-electron chi connectivity index (χ1n) is 9.05. The molecule has 0 unspecified atom stereocenters. The Bertz CT molecular complexity index is 606. The first-order valence-corrected chi connectivity index (χ1v) is 9.05. The lowest BCUT2D eigenvalue weighted by Crippen LogP contribution is -2.58. The Kier molecular flexibility index (Phi) is 5.68. The van der Waals surface area contributed by atoms with E-state index in [4.69, 9.17) is 0 Å². The van der Waals surface area contributed by atoms with Gasteiger partial charge in [0.05, 0.1) is 6.54 Å². The van der Waals surface area contributed by atoms with Crippen molar-refractivity contribution in [3.05, 3.63) is 35.6 Å². The lowest BCUT2D eigenvalue weighted by Gasteiger charge is -2.48. The summed E-state index contributed by atoms with van der Waals surface area (Å²) in [5.41, 5.74) is 0.888. The van der Waals surface area contributed by atoms with Crippen LogP contribution in [0.15, 0.2) is 24.3 Å². The van der Waals surface area contributed by atoms with Crippen molar-refractivity contribution in [2.75, 3.05) is 6.54 Å². The minimum atomic E-state index is -0.273. The maximum Gasteiger partial charge on any atom is 0.234 e. The van der Waals surface area contributed by atoms with E-state index < -0.39 is 0 Å². The number of fused-ring (bicyclic) bond motifs is 2. The van der Waals surface area contributed by atoms with Crippen molar-refractivity contribution in [3.8, 4) is 0 Å². The fourth-order valence-corrected chi connectivity index (χ4v) is 4.17. The van der Waals surface area contributed by atoms with Gasteiger partial charge in [0.15, 0.2) is 0 Å². The van der Waals surface area contributed by atoms with Gasteiger partial charge in [-0.15, -0.1) is 0 Å². The van der Waals surface area contributed by atoms with Gasteiger partial charge in [-0.3, -0.25) is 14.5 Å². The topological polar surface area (TPSA) is 61.4 Å². The van der Waals surface area contributed by atoms with E-state index in [9.17, 15) is 14.0 Å². The molecule has 2 heterocycles. The van der Waals surface area contributed by atoms with Gasteiger partial charge < -0.3 is 10.6 Å². The molecule has 2 aliphatic rings. The molecule has 136 valence electrons. The van der Waals surface area contributed by atoms with Crippen LogP contribution in [0.3, 0.4) is 0 Å². The molecule has 6 heteroatoms. The first-order chi connectivity index (χ1) is 12.0. The van der Waals surface area contributed by atoms with Crippen LogP contribution in [0.2, 0.25) is 0 Å². The summed E-state index contributed by atoms with van der Waals surface area (Å²) in [6, 6.07) is 7.12. The fourth-order valence-electron chi connectivity index (χ4n) is 4.17. The van der Waals surface area contributed by atoms with Crippen LogP contribution in [0.4, 0.5) is 4.39 Å². The van der Waals surface area contributed by atoms with Crippen LogP contribution in [-0.2, 0) is 16.1 Å². The van der Waals surface area contributed by atoms with E-state index in [1.54, 1.807) is 19.1 Å². The van der Waals surface area contributed by atoms with E-state index in [1.165, 1.54) is 18.6 Å². The van der Waals surface area contributed by atoms with Crippen molar-refractivity contribution >= 4 is 11.8 Å². The predicted molar refractivity (Wildman–Crippen MR) is 93.2 cm³/mol. The molecule has 2 fully saturated rings. The molecule has 3 rings (SSSR count). The van der Waals surface area contributed by atoms with Crippen molar-refractivity contribution in [1.82, 2.24) is 15.5 Å². The number of rotatable bonds is 5. The normalized spacial score (nSPS) is 26.1. The van der Waals surface area contributed by atoms with Crippen LogP contribution in [0, 0.1) is 5.82 Å². The molecule has 0 saturated carbocycles. The summed E-state index contributed by atoms with van der Waals surface area (Å²) >= 11 is 0. The average Bonchev–Trinajstić information content (AvgIpc) is 2.54. The summed E-state index contributed by atoms with van der Waals surface area (Å²) in [6.07, 6.45) is 5.19. The number of hydrogen-bond acceptors (Lipinski definition) is 3. The SMILES string of the molecule is CC(=O)NC1C[C@H]2CCC[C@H](C1)N2CC(=O)NCc1ccc(F)cc1. The summed E-state index contributed by atoms with van der Waals surface area (Å²) in [5, 5.41) is 5.96. The molecule has 2 atom stereocenters. The molecule has 2 saturated heterocycles. The van der Waals surface area contributed by atoms with Gasteiger partial charge in [-0.25, -0.2) is 4.39 Å². The van der Waals surface area contributed by atoms with E-state index in [0.29, 0.717) is 25.2 Å². The van der Waals surface area contributed by atoms with Gasteiger partial charge in [0.1, 0.15) is 5.82 Å². The molecule has 2 bridgehead atoms. The molecule has 0 aromatic heterocycles. The summed E-state index contributed by atoms with van der Waals surface area (Å²) < 4.78 is 12.9. The number of benzene rings is 1. The van der Waals surface area contributed by atoms with E-state index in [0.717, 1.165) is 31.2 Å². The molecule has 1 aromatic carbocycles. The highest BCUT2D eigenvalue weighted by Crippen LogP contribution is 2.33. The molecule has 2 amide bonds. The largest absolute Gasteiger partial charge is 0.353 e. The smallest absolute Gasteiger partial charge is 0.234 e. The first kappa shape index (κ1) is 17.9. The quantitative estimate of drug-likeness (QED) is 0.856. The molecule has 25 heavy (non-hydrogen) atoms. The highest BCUT2D eigenvalue weighted by molar-refractivity contribution is 5.78. The van der Waals surface area contributed by atoms with Crippen molar-refractivity contribution in [3.63, 3.8) is 0 Å². The molecule has 0 spiro atoms. The van der Waals surface area contributed by atoms with Crippen LogP contribution < -0.4 is 10.6 Å². The summed E-state index contributed by atoms with van der Waals surface area (Å²) in [5.74, 6) is -0.252. The Hall–Kier alpha value is -1.95. The third-order valence-corrected chi connectivity index (χ3v) is 5.26. The van der Waals surface area contributed by atoms with Crippen LogP contribution in [0.5, 0.6) is 0 Å². The lowest BCUT2D eigenvalue weighted by atomic mass is 9.81. The zero-order chi connectivity index (χ0) is 17.8. The van der Waals surface area contributed by atoms with Crippen molar-refractivity contribution in [2.24, 2.45) is 0 Å². The second-order valence-corrected chi connectivity index (χ2v) is 7.18. The van der Waals surface area contributed by atoms with Gasteiger partial charge in [0.2, 0.25) is 11.8 Å². The number of hydrogen-bond donors (Lipinski definition) is 2. The highest BCUT2D eigenvalue weighted by atomic mass is 19.1. The minimum absolute atomic E-state index is 0.000739. The zero-order valence-corrected chi connectivity index (χ0v) is 14.6. The van der Waals surface area contributed by atoms with Gasteiger partial charge in [0, 0.05) is 31.6 Å². The third-order valence-electron chi connectivity index (χ3n) is 5.26. The Balaban J connectivity index is 1.52.